The third-order valence-corrected chi connectivity index (χ3v) is 2.22. The first-order valence-corrected chi connectivity index (χ1v) is 4.80. The van der Waals surface area contributed by atoms with Crippen LogP contribution in [0.5, 0.6) is 0 Å². The van der Waals surface area contributed by atoms with E-state index in [9.17, 15) is 4.39 Å². The Kier molecular flexibility index (Phi) is 3.70. The molecule has 0 atom stereocenters. The summed E-state index contributed by atoms with van der Waals surface area (Å²) >= 11 is 2.12. The van der Waals surface area contributed by atoms with Gasteiger partial charge in [0, 0.05) is 4.43 Å². The van der Waals surface area contributed by atoms with Crippen LogP contribution in [0.4, 0.5) is 10.1 Å². The van der Waals surface area contributed by atoms with E-state index in [2.05, 4.69) is 28.0 Å². The summed E-state index contributed by atoms with van der Waals surface area (Å²) in [5.41, 5.74) is 5.77. The minimum atomic E-state index is -0.273. The lowest BCUT2D eigenvalue weighted by Crippen LogP contribution is -2.16. The molecule has 0 aliphatic rings. The van der Waals surface area contributed by atoms with Crippen LogP contribution in [-0.4, -0.2) is 5.21 Å². The highest BCUT2D eigenvalue weighted by Gasteiger charge is 2.01. The molecule has 0 bridgehead atoms. The quantitative estimate of drug-likeness (QED) is 0.452. The van der Waals surface area contributed by atoms with Crippen LogP contribution < -0.4 is 11.0 Å². The van der Waals surface area contributed by atoms with Gasteiger partial charge in [-0.25, -0.2) is 4.39 Å². The van der Waals surface area contributed by atoms with E-state index >= 15 is 0 Å². The second-order valence-corrected chi connectivity index (χ2v) is 2.93. The van der Waals surface area contributed by atoms with Crippen molar-refractivity contribution in [2.45, 2.75) is 4.43 Å². The molecule has 0 aliphatic carbocycles. The van der Waals surface area contributed by atoms with Crippen LogP contribution in [-0.2, 0) is 4.43 Å². The molecule has 1 rings (SSSR count). The Morgan fingerprint density at radius 1 is 1.50 bits per heavy atom. The second kappa shape index (κ2) is 4.58. The average molecular weight is 282 g/mol. The van der Waals surface area contributed by atoms with Crippen molar-refractivity contribution >= 4 is 28.3 Å². The molecule has 0 unspecified atom stereocenters. The summed E-state index contributed by atoms with van der Waals surface area (Å²) in [5, 5.41) is 8.35. The van der Waals surface area contributed by atoms with E-state index in [0.717, 1.165) is 5.56 Å². The Morgan fingerprint density at radius 3 is 2.83 bits per heavy atom. The van der Waals surface area contributed by atoms with E-state index in [0.29, 0.717) is 10.1 Å². The zero-order valence-corrected chi connectivity index (χ0v) is 8.30. The van der Waals surface area contributed by atoms with Crippen molar-refractivity contribution in [3.05, 3.63) is 29.6 Å². The number of benzene rings is 1. The monoisotopic (exact) mass is 282 g/mol. The highest BCUT2D eigenvalue weighted by atomic mass is 127. The summed E-state index contributed by atoms with van der Waals surface area (Å²) in [5.74, 6) is -0.273. The number of hydrazine groups is 1. The van der Waals surface area contributed by atoms with Gasteiger partial charge < -0.3 is 0 Å². The summed E-state index contributed by atoms with van der Waals surface area (Å²) in [4.78, 5) is 0. The number of rotatable bonds is 3. The van der Waals surface area contributed by atoms with Gasteiger partial charge in [-0.15, -0.1) is 5.59 Å². The van der Waals surface area contributed by atoms with Crippen LogP contribution in [0.15, 0.2) is 18.2 Å². The summed E-state index contributed by atoms with van der Waals surface area (Å²) in [6.45, 7) is 0. The molecule has 12 heavy (non-hydrogen) atoms. The van der Waals surface area contributed by atoms with E-state index in [-0.39, 0.29) is 5.82 Å². The Bertz CT molecular complexity index is 270. The number of alkyl halides is 1. The fourth-order valence-corrected chi connectivity index (χ4v) is 1.49. The zero-order valence-electron chi connectivity index (χ0n) is 6.14. The third kappa shape index (κ3) is 2.29. The minimum Gasteiger partial charge on any atom is -0.299 e. The minimum absolute atomic E-state index is 0.273. The first-order chi connectivity index (χ1) is 5.77. The Labute approximate surface area is 83.0 Å². The fraction of sp³-hybridized carbons (Fsp3) is 0.143. The maximum absolute atomic E-state index is 12.7. The predicted octanol–water partition coefficient (Wildman–Crippen LogP) is 2.07. The van der Waals surface area contributed by atoms with Gasteiger partial charge in [0.05, 0.1) is 5.69 Å². The molecule has 0 saturated heterocycles. The molecule has 0 heterocycles. The normalized spacial score (nSPS) is 9.92. The molecule has 0 radical (unpaired) electrons. The summed E-state index contributed by atoms with van der Waals surface area (Å²) in [7, 11) is 0. The third-order valence-electron chi connectivity index (χ3n) is 1.40. The van der Waals surface area contributed by atoms with Crippen molar-refractivity contribution in [3.63, 3.8) is 0 Å². The first-order valence-electron chi connectivity index (χ1n) is 3.27. The molecule has 1 aromatic rings. The van der Waals surface area contributed by atoms with E-state index in [4.69, 9.17) is 5.21 Å². The van der Waals surface area contributed by atoms with Gasteiger partial charge in [-0.2, -0.15) is 0 Å². The molecular formula is C7H8FIN2O. The van der Waals surface area contributed by atoms with Crippen molar-refractivity contribution in [1.29, 1.82) is 0 Å². The maximum atomic E-state index is 12.7. The fourth-order valence-electron chi connectivity index (χ4n) is 0.855. The highest BCUT2D eigenvalue weighted by molar-refractivity contribution is 14.1. The van der Waals surface area contributed by atoms with Crippen LogP contribution in [0.1, 0.15) is 5.56 Å². The number of nitrogens with one attached hydrogen (secondary N) is 2. The molecule has 66 valence electrons. The van der Waals surface area contributed by atoms with Crippen molar-refractivity contribution in [3.8, 4) is 0 Å². The summed E-state index contributed by atoms with van der Waals surface area (Å²) < 4.78 is 13.3. The molecule has 0 aromatic heterocycles. The number of anilines is 1. The van der Waals surface area contributed by atoms with Gasteiger partial charge in [0.2, 0.25) is 0 Å². The summed E-state index contributed by atoms with van der Waals surface area (Å²) in [6, 6.07) is 4.31. The van der Waals surface area contributed by atoms with Crippen molar-refractivity contribution in [2.75, 3.05) is 5.43 Å². The van der Waals surface area contributed by atoms with Gasteiger partial charge in [0.1, 0.15) is 5.82 Å². The summed E-state index contributed by atoms with van der Waals surface area (Å²) in [6.07, 6.45) is 0. The first kappa shape index (κ1) is 9.69. The average Bonchev–Trinajstić information content (AvgIpc) is 2.08. The molecular weight excluding hydrogens is 274 g/mol. The van der Waals surface area contributed by atoms with E-state index in [1.807, 2.05) is 0 Å². The van der Waals surface area contributed by atoms with Gasteiger partial charge in [0.25, 0.3) is 0 Å². The SMILES string of the molecule is ONNc1ccc(F)cc1CI. The smallest absolute Gasteiger partial charge is 0.123 e. The number of hydrogen-bond donors (Lipinski definition) is 3. The van der Waals surface area contributed by atoms with Gasteiger partial charge in [-0.3, -0.25) is 10.6 Å². The molecule has 0 spiro atoms. The topological polar surface area (TPSA) is 44.3 Å². The molecule has 0 aliphatic heterocycles. The molecule has 0 fully saturated rings. The van der Waals surface area contributed by atoms with Gasteiger partial charge in [-0.1, -0.05) is 22.6 Å². The lowest BCUT2D eigenvalue weighted by molar-refractivity contribution is 0.192. The van der Waals surface area contributed by atoms with Crippen molar-refractivity contribution in [1.82, 2.24) is 5.59 Å². The number of hydrogen-bond acceptors (Lipinski definition) is 3. The van der Waals surface area contributed by atoms with Crippen LogP contribution in [0.2, 0.25) is 0 Å². The van der Waals surface area contributed by atoms with E-state index in [1.165, 1.54) is 12.1 Å². The molecule has 5 heteroatoms. The van der Waals surface area contributed by atoms with Crippen molar-refractivity contribution in [2.24, 2.45) is 0 Å². The van der Waals surface area contributed by atoms with E-state index < -0.39 is 0 Å². The van der Waals surface area contributed by atoms with Crippen LogP contribution in [0, 0.1) is 5.82 Å². The van der Waals surface area contributed by atoms with E-state index in [1.54, 1.807) is 11.7 Å². The van der Waals surface area contributed by atoms with Crippen LogP contribution in [0.25, 0.3) is 0 Å². The van der Waals surface area contributed by atoms with Gasteiger partial charge in [-0.05, 0) is 23.8 Å². The lowest BCUT2D eigenvalue weighted by Gasteiger charge is -2.07. The van der Waals surface area contributed by atoms with Gasteiger partial charge >= 0.3 is 0 Å². The molecule has 0 saturated carbocycles. The maximum Gasteiger partial charge on any atom is 0.123 e. The molecule has 0 amide bonds. The van der Waals surface area contributed by atoms with Crippen LogP contribution in [0.3, 0.4) is 0 Å². The highest BCUT2D eigenvalue weighted by Crippen LogP contribution is 2.18. The largest absolute Gasteiger partial charge is 0.299 e. The van der Waals surface area contributed by atoms with Crippen molar-refractivity contribution < 1.29 is 9.60 Å². The Balaban J connectivity index is 2.94. The molecule has 1 aromatic carbocycles. The Morgan fingerprint density at radius 2 is 2.25 bits per heavy atom. The molecule has 3 nitrogen and oxygen atoms in total. The predicted molar refractivity (Wildman–Crippen MR) is 52.7 cm³/mol. The standard InChI is InChI=1S/C7H8FIN2O/c8-6-1-2-7(10-11-12)5(3-6)4-9/h1-3,10-12H,4H2. The zero-order chi connectivity index (χ0) is 8.97. The number of halogens is 2. The lowest BCUT2D eigenvalue weighted by atomic mass is 10.2. The van der Waals surface area contributed by atoms with Crippen LogP contribution >= 0.6 is 22.6 Å². The molecule has 3 N–H and O–H groups in total. The van der Waals surface area contributed by atoms with Gasteiger partial charge in [0.15, 0.2) is 0 Å². The second-order valence-electron chi connectivity index (χ2n) is 2.17. The Hall–Kier alpha value is -0.400.